The van der Waals surface area contributed by atoms with Crippen molar-refractivity contribution in [3.63, 3.8) is 0 Å². The van der Waals surface area contributed by atoms with E-state index in [0.29, 0.717) is 29.7 Å². The highest BCUT2D eigenvalue weighted by atomic mass is 31.2. The van der Waals surface area contributed by atoms with E-state index in [0.717, 1.165) is 23.3 Å². The minimum Gasteiger partial charge on any atom is -0.434 e. The molecule has 2 unspecified atom stereocenters. The average molecular weight is 887 g/mol. The normalized spacial score (nSPS) is 16.6. The lowest BCUT2D eigenvalue weighted by Crippen LogP contribution is -2.55. The van der Waals surface area contributed by atoms with E-state index >= 15 is 8.78 Å². The molecule has 0 spiro atoms. The predicted molar refractivity (Wildman–Crippen MR) is 225 cm³/mol. The van der Waals surface area contributed by atoms with Crippen LogP contribution in [0.25, 0.3) is 5.57 Å². The van der Waals surface area contributed by atoms with Crippen LogP contribution in [0.4, 0.5) is 14.5 Å². The highest BCUT2D eigenvalue weighted by Crippen LogP contribution is 2.67. The molecule has 6 rings (SSSR count). The van der Waals surface area contributed by atoms with E-state index in [-0.39, 0.29) is 30.4 Å². The number of ether oxygens (including phenoxy) is 2. The SMILES string of the molecule is C/C(=C\C(=O)NC1CCc2cccc3c2N(C1=O)C(C(=O)N[C@H](C)CCC(N)=O)C3)c1ccc(C(F)(F)P(=O)(OCOC(=O)c2ccccc2)OCOC(=O)c2ccccc2)cc1. The molecule has 15 nitrogen and oxygen atoms in total. The van der Waals surface area contributed by atoms with Crippen molar-refractivity contribution in [1.29, 1.82) is 0 Å². The zero-order valence-corrected chi connectivity index (χ0v) is 35.2. The van der Waals surface area contributed by atoms with Gasteiger partial charge in [-0.25, -0.2) is 9.59 Å². The van der Waals surface area contributed by atoms with Crippen LogP contribution in [0.15, 0.2) is 109 Å². The Bertz CT molecular complexity index is 2370. The van der Waals surface area contributed by atoms with Gasteiger partial charge in [-0.2, -0.15) is 8.78 Å². The summed E-state index contributed by atoms with van der Waals surface area (Å²) in [4.78, 5) is 78.6. The van der Waals surface area contributed by atoms with Crippen LogP contribution < -0.4 is 21.3 Å². The molecule has 0 bridgehead atoms. The summed E-state index contributed by atoms with van der Waals surface area (Å²) in [6, 6.07) is 22.7. The summed E-state index contributed by atoms with van der Waals surface area (Å²) in [6.07, 6.45) is 2.52. The monoisotopic (exact) mass is 886 g/mol. The van der Waals surface area contributed by atoms with E-state index in [1.54, 1.807) is 50.2 Å². The number of amides is 4. The first-order valence-electron chi connectivity index (χ1n) is 19.9. The van der Waals surface area contributed by atoms with Crippen LogP contribution >= 0.6 is 7.60 Å². The number of carbonyl (C=O) groups is 6. The number of para-hydroxylation sites is 1. The number of benzene rings is 4. The third-order valence-corrected chi connectivity index (χ3v) is 12.3. The van der Waals surface area contributed by atoms with E-state index in [9.17, 15) is 33.3 Å². The molecule has 4 aromatic rings. The van der Waals surface area contributed by atoms with Gasteiger partial charge in [0.15, 0.2) is 0 Å². The van der Waals surface area contributed by atoms with Crippen molar-refractivity contribution in [2.24, 2.45) is 5.73 Å². The third-order valence-electron chi connectivity index (χ3n) is 10.5. The minimum atomic E-state index is -5.63. The molecule has 0 aliphatic carbocycles. The number of nitrogens with one attached hydrogen (secondary N) is 2. The first kappa shape index (κ1) is 46.0. The maximum absolute atomic E-state index is 16.2. The number of rotatable bonds is 18. The van der Waals surface area contributed by atoms with E-state index in [4.69, 9.17) is 24.3 Å². The summed E-state index contributed by atoms with van der Waals surface area (Å²) in [5, 5.41) is 5.61. The molecule has 3 atom stereocenters. The molecule has 2 aliphatic heterocycles. The molecular formula is C45H45F2N4O11P. The average Bonchev–Trinajstić information content (AvgIpc) is 3.62. The summed E-state index contributed by atoms with van der Waals surface area (Å²) < 4.78 is 66.0. The van der Waals surface area contributed by atoms with Crippen LogP contribution in [0, 0.1) is 0 Å². The van der Waals surface area contributed by atoms with E-state index < -0.39 is 86.1 Å². The summed E-state index contributed by atoms with van der Waals surface area (Å²) in [5.74, 6) is -3.95. The number of alkyl halides is 2. The second-order valence-corrected chi connectivity index (χ2v) is 17.0. The molecule has 0 fully saturated rings. The van der Waals surface area contributed by atoms with Gasteiger partial charge in [0.05, 0.1) is 16.8 Å². The predicted octanol–water partition coefficient (Wildman–Crippen LogP) is 6.15. The quantitative estimate of drug-likeness (QED) is 0.0446. The van der Waals surface area contributed by atoms with Crippen molar-refractivity contribution in [1.82, 2.24) is 10.6 Å². The number of carbonyl (C=O) groups excluding carboxylic acids is 6. The second kappa shape index (κ2) is 20.1. The van der Waals surface area contributed by atoms with Gasteiger partial charge in [-0.05, 0) is 79.6 Å². The lowest BCUT2D eigenvalue weighted by atomic mass is 10.0. The maximum atomic E-state index is 16.2. The first-order chi connectivity index (χ1) is 30.1. The summed E-state index contributed by atoms with van der Waals surface area (Å²) >= 11 is 0. The van der Waals surface area contributed by atoms with Crippen molar-refractivity contribution in [3.8, 4) is 0 Å². The molecule has 4 N–H and O–H groups in total. The van der Waals surface area contributed by atoms with Crippen LogP contribution in [0.1, 0.15) is 76.1 Å². The number of allylic oxidation sites excluding steroid dienone is 1. The van der Waals surface area contributed by atoms with E-state index in [1.807, 2.05) is 18.2 Å². The number of nitrogens with two attached hydrogens (primary N) is 1. The fourth-order valence-electron chi connectivity index (χ4n) is 7.14. The van der Waals surface area contributed by atoms with E-state index in [1.165, 1.54) is 47.4 Å². The van der Waals surface area contributed by atoms with Crippen LogP contribution in [0.5, 0.6) is 0 Å². The zero-order valence-electron chi connectivity index (χ0n) is 34.3. The van der Waals surface area contributed by atoms with Crippen molar-refractivity contribution in [3.05, 3.63) is 143 Å². The fraction of sp³-hybridized carbons (Fsp3) is 0.289. The number of anilines is 1. The van der Waals surface area contributed by atoms with Gasteiger partial charge in [0.25, 0.3) is 0 Å². The number of nitrogens with zero attached hydrogens (tertiary/aromatic N) is 1. The molecule has 0 aromatic heterocycles. The Morgan fingerprint density at radius 3 is 1.98 bits per heavy atom. The van der Waals surface area contributed by atoms with Gasteiger partial charge in [0.2, 0.25) is 37.2 Å². The van der Waals surface area contributed by atoms with Crippen molar-refractivity contribution in [2.45, 2.75) is 69.7 Å². The smallest absolute Gasteiger partial charge is 0.410 e. The van der Waals surface area contributed by atoms with Gasteiger partial charge in [-0.15, -0.1) is 0 Å². The van der Waals surface area contributed by atoms with Gasteiger partial charge in [-0.3, -0.25) is 37.7 Å². The Balaban J connectivity index is 1.14. The maximum Gasteiger partial charge on any atom is 0.410 e. The number of esters is 2. The van der Waals surface area contributed by atoms with Gasteiger partial charge in [-0.1, -0.05) is 78.9 Å². The Morgan fingerprint density at radius 1 is 0.841 bits per heavy atom. The highest BCUT2D eigenvalue weighted by Gasteiger charge is 2.56. The lowest BCUT2D eigenvalue weighted by molar-refractivity contribution is -0.128. The molecule has 0 saturated carbocycles. The van der Waals surface area contributed by atoms with Crippen molar-refractivity contribution < 1.29 is 60.6 Å². The number of primary amides is 1. The van der Waals surface area contributed by atoms with Crippen LogP contribution in [-0.2, 0) is 60.8 Å². The van der Waals surface area contributed by atoms with Gasteiger partial charge in [0.1, 0.15) is 12.1 Å². The van der Waals surface area contributed by atoms with Gasteiger partial charge >= 0.3 is 25.2 Å². The highest BCUT2D eigenvalue weighted by molar-refractivity contribution is 7.54. The molecule has 330 valence electrons. The topological polar surface area (TPSA) is 210 Å². The molecular weight excluding hydrogens is 841 g/mol. The molecule has 63 heavy (non-hydrogen) atoms. The second-order valence-electron chi connectivity index (χ2n) is 14.9. The summed E-state index contributed by atoms with van der Waals surface area (Å²) in [6.45, 7) is 0.869. The van der Waals surface area contributed by atoms with Crippen molar-refractivity contribution >= 4 is 54.4 Å². The number of hydrogen-bond donors (Lipinski definition) is 3. The van der Waals surface area contributed by atoms with Gasteiger partial charge < -0.3 is 25.8 Å². The van der Waals surface area contributed by atoms with Crippen LogP contribution in [0.3, 0.4) is 0 Å². The number of aryl methyl sites for hydroxylation is 1. The van der Waals surface area contributed by atoms with E-state index in [2.05, 4.69) is 10.6 Å². The largest absolute Gasteiger partial charge is 0.434 e. The Labute approximate surface area is 361 Å². The van der Waals surface area contributed by atoms with Crippen LogP contribution in [-0.4, -0.2) is 67.3 Å². The zero-order chi connectivity index (χ0) is 45.3. The number of hydrogen-bond acceptors (Lipinski definition) is 11. The molecule has 4 aromatic carbocycles. The molecule has 4 amide bonds. The van der Waals surface area contributed by atoms with Gasteiger partial charge in [0, 0.05) is 30.5 Å². The Morgan fingerprint density at radius 2 is 1.41 bits per heavy atom. The Hall–Kier alpha value is -6.55. The summed E-state index contributed by atoms with van der Waals surface area (Å²) in [7, 11) is -5.63. The standard InChI is InChI=1S/C45H45F2N4O11P/c1-28(24-39(53)50-36-22-19-31-14-9-15-34-25-37(51(40(31)34)42(36)55)41(54)49-29(2)16-23-38(48)52)30-17-20-35(21-18-30)45(46,47)63(58,61-26-59-43(56)32-10-5-3-6-11-32)62-27-60-44(57)33-12-7-4-8-13-33/h3-15,17-18,20-21,24,29,36-37H,16,19,22-23,25-27H2,1-2H3,(H2,48,52)(H,49,54)(H,50,53)/b28-24+/t29-,36?,37?/m1/s1. The minimum absolute atomic E-state index is 0.0727. The first-order valence-corrected chi connectivity index (χ1v) is 21.5. The molecule has 0 radical (unpaired) electrons. The lowest BCUT2D eigenvalue weighted by Gasteiger charge is -2.28. The number of halogens is 2. The summed E-state index contributed by atoms with van der Waals surface area (Å²) in [5.41, 5.74) is 3.10. The fourth-order valence-corrected chi connectivity index (χ4v) is 8.39. The molecule has 2 heterocycles. The Kier molecular flexibility index (Phi) is 14.7. The molecule has 2 aliphatic rings. The molecule has 0 saturated heterocycles. The van der Waals surface area contributed by atoms with Crippen LogP contribution in [0.2, 0.25) is 0 Å². The molecule has 18 heteroatoms. The third kappa shape index (κ3) is 10.9. The van der Waals surface area contributed by atoms with Crippen molar-refractivity contribution in [2.75, 3.05) is 18.5 Å².